The fourth-order valence-electron chi connectivity index (χ4n) is 10.7. The molecule has 1 aromatic carbocycles. The third-order valence-corrected chi connectivity index (χ3v) is 14.2. The topological polar surface area (TPSA) is 152 Å². The summed E-state index contributed by atoms with van der Waals surface area (Å²) in [6.45, 7) is 8.24. The predicted octanol–water partition coefficient (Wildman–Crippen LogP) is 6.87. The lowest BCUT2D eigenvalue weighted by atomic mass is 9.64. The highest BCUT2D eigenvalue weighted by molar-refractivity contribution is 6.02. The summed E-state index contributed by atoms with van der Waals surface area (Å²) in [4.78, 5) is 53.7. The molecule has 0 radical (unpaired) electrons. The average Bonchev–Trinajstić information content (AvgIpc) is 3.48. The van der Waals surface area contributed by atoms with E-state index in [2.05, 4.69) is 25.2 Å². The second kappa shape index (κ2) is 17.7. The standard InChI is InChI=1S/C27H37NO5.C19H29NO4/c1-4-5-6-10-13-22-24(30)28(18-19-14-16-21(32-3)17-15-19)27(25(31)33-26(22,27)2)23(29)20-11-8-7-9-12-20;1-3-4-5-9-12-14-16(22)20-19(17(23)24-18(14,19)2)15(21)13-10-7-6-8-11-13/h8,11,14-17,20,22-23,29H,4-7,9-10,12-13,18H2,1-3H3;7,10,13-15,21H,3-6,8-9,11-12H2,1-2H3,(H,20,22)/t20-,22-,23+,26+,27?;13-,14-,15+,18+,19?/m11/s1. The summed E-state index contributed by atoms with van der Waals surface area (Å²) in [7, 11) is 1.61. The Bertz CT molecular complexity index is 1680. The van der Waals surface area contributed by atoms with Crippen molar-refractivity contribution >= 4 is 23.8 Å². The summed E-state index contributed by atoms with van der Waals surface area (Å²) in [5.41, 5.74) is -3.69. The predicted molar refractivity (Wildman–Crippen MR) is 216 cm³/mol. The van der Waals surface area contributed by atoms with Gasteiger partial charge in [-0.1, -0.05) is 102 Å². The molecule has 0 saturated carbocycles. The number of hydrogen-bond donors (Lipinski definition) is 3. The lowest BCUT2D eigenvalue weighted by Gasteiger charge is -2.57. The van der Waals surface area contributed by atoms with Crippen molar-refractivity contribution in [3.8, 4) is 5.75 Å². The second-order valence-corrected chi connectivity index (χ2v) is 17.6. The van der Waals surface area contributed by atoms with Crippen molar-refractivity contribution in [3.05, 3.63) is 54.1 Å². The lowest BCUT2D eigenvalue weighted by Crippen LogP contribution is -2.80. The van der Waals surface area contributed by atoms with Gasteiger partial charge in [0.25, 0.3) is 0 Å². The van der Waals surface area contributed by atoms with Crippen LogP contribution in [0.2, 0.25) is 0 Å². The number of esters is 2. The van der Waals surface area contributed by atoms with E-state index in [1.807, 2.05) is 56.3 Å². The minimum Gasteiger partial charge on any atom is -0.497 e. The van der Waals surface area contributed by atoms with Crippen LogP contribution in [0.1, 0.15) is 136 Å². The van der Waals surface area contributed by atoms with Crippen LogP contribution < -0.4 is 10.1 Å². The normalized spacial score (nSPS) is 34.8. The van der Waals surface area contributed by atoms with E-state index in [-0.39, 0.29) is 36.1 Å². The molecule has 4 aliphatic heterocycles. The molecule has 2 aliphatic carbocycles. The Morgan fingerprint density at radius 1 is 0.772 bits per heavy atom. The van der Waals surface area contributed by atoms with E-state index in [4.69, 9.17) is 14.2 Å². The molecule has 2 amide bonds. The minimum atomic E-state index is -1.36. The number of methoxy groups -OCH3 is 1. The SMILES string of the molecule is CCCCCC[C@@H]1C(=O)N(Cc2ccc(OC)cc2)C2([C@@H](O)[C@@H]3C=CCCC3)C(=O)O[C@@]12C.CCCCCC[C@@H]1C(=O)NC2([C@@H](O)[C@@H]3C=CCCC3)C(=O)O[C@@]12C. The van der Waals surface area contributed by atoms with Gasteiger partial charge in [0.1, 0.15) is 5.75 Å². The smallest absolute Gasteiger partial charge is 0.339 e. The second-order valence-electron chi connectivity index (χ2n) is 17.6. The van der Waals surface area contributed by atoms with Crippen molar-refractivity contribution in [1.29, 1.82) is 0 Å². The highest BCUT2D eigenvalue weighted by atomic mass is 16.6. The van der Waals surface area contributed by atoms with E-state index >= 15 is 0 Å². The summed E-state index contributed by atoms with van der Waals surface area (Å²) in [5, 5.41) is 25.5. The van der Waals surface area contributed by atoms with Crippen LogP contribution in [0.15, 0.2) is 48.6 Å². The lowest BCUT2D eigenvalue weighted by molar-refractivity contribution is -0.256. The van der Waals surface area contributed by atoms with Gasteiger partial charge in [-0.15, -0.1) is 0 Å². The summed E-state index contributed by atoms with van der Waals surface area (Å²) in [6, 6.07) is 7.51. The summed E-state index contributed by atoms with van der Waals surface area (Å²) in [5.74, 6) is -1.55. The number of aliphatic hydroxyl groups is 2. The van der Waals surface area contributed by atoms with Crippen LogP contribution >= 0.6 is 0 Å². The van der Waals surface area contributed by atoms with E-state index in [1.54, 1.807) is 12.0 Å². The van der Waals surface area contributed by atoms with Crippen molar-refractivity contribution in [2.24, 2.45) is 23.7 Å². The molecule has 11 nitrogen and oxygen atoms in total. The van der Waals surface area contributed by atoms with Crippen LogP contribution in [0, 0.1) is 23.7 Å². The number of carbonyl (C=O) groups is 4. The monoisotopic (exact) mass is 790 g/mol. The van der Waals surface area contributed by atoms with Crippen molar-refractivity contribution < 1.29 is 43.6 Å². The Balaban J connectivity index is 0.000000203. The molecule has 11 heteroatoms. The molecule has 3 N–H and O–H groups in total. The Morgan fingerprint density at radius 3 is 1.84 bits per heavy atom. The third-order valence-electron chi connectivity index (χ3n) is 14.2. The Labute approximate surface area is 339 Å². The van der Waals surface area contributed by atoms with E-state index in [9.17, 15) is 29.4 Å². The fraction of sp³-hybridized carbons (Fsp3) is 0.696. The van der Waals surface area contributed by atoms with E-state index in [0.717, 1.165) is 101 Å². The number of carbonyl (C=O) groups excluding carboxylic acids is 4. The number of unbranched alkanes of at least 4 members (excludes halogenated alkanes) is 6. The highest BCUT2D eigenvalue weighted by Crippen LogP contribution is 2.59. The molecule has 4 saturated heterocycles. The molecule has 0 spiro atoms. The van der Waals surface area contributed by atoms with Crippen LogP contribution in [-0.4, -0.2) is 80.5 Å². The van der Waals surface area contributed by atoms with Crippen LogP contribution in [0.3, 0.4) is 0 Å². The third kappa shape index (κ3) is 7.23. The quantitative estimate of drug-likeness (QED) is 0.0873. The summed E-state index contributed by atoms with van der Waals surface area (Å²) in [6.07, 6.45) is 21.6. The number of amides is 2. The number of fused-ring (bicyclic) bond motifs is 2. The van der Waals surface area contributed by atoms with E-state index < -0.39 is 52.3 Å². The van der Waals surface area contributed by atoms with Crippen molar-refractivity contribution in [3.63, 3.8) is 0 Å². The van der Waals surface area contributed by atoms with E-state index in [1.165, 1.54) is 0 Å². The first-order valence-electron chi connectivity index (χ1n) is 21.8. The van der Waals surface area contributed by atoms with Gasteiger partial charge in [0.05, 0.1) is 31.2 Å². The Morgan fingerprint density at radius 2 is 1.33 bits per heavy atom. The van der Waals surface area contributed by atoms with Gasteiger partial charge in [-0.3, -0.25) is 9.59 Å². The Hall–Kier alpha value is -3.70. The van der Waals surface area contributed by atoms with Gasteiger partial charge < -0.3 is 34.6 Å². The molecule has 0 aromatic heterocycles. The average molecular weight is 791 g/mol. The first-order chi connectivity index (χ1) is 27.4. The molecule has 7 rings (SSSR count). The number of nitrogens with one attached hydrogen (secondary N) is 1. The minimum absolute atomic E-state index is 0.0884. The molecule has 4 heterocycles. The molecule has 6 aliphatic rings. The Kier molecular flexibility index (Phi) is 13.3. The molecule has 2 unspecified atom stereocenters. The molecular formula is C46H66N2O9. The van der Waals surface area contributed by atoms with Crippen LogP contribution in [-0.2, 0) is 35.2 Å². The highest BCUT2D eigenvalue weighted by Gasteiger charge is 2.82. The number of nitrogens with zero attached hydrogens (tertiary/aromatic N) is 1. The number of benzene rings is 1. The molecule has 57 heavy (non-hydrogen) atoms. The number of rotatable bonds is 17. The van der Waals surface area contributed by atoms with Crippen molar-refractivity contribution in [2.45, 2.75) is 171 Å². The first kappa shape index (κ1) is 42.9. The van der Waals surface area contributed by atoms with Crippen LogP contribution in [0.4, 0.5) is 0 Å². The molecule has 314 valence electrons. The van der Waals surface area contributed by atoms with Crippen LogP contribution in [0.5, 0.6) is 5.75 Å². The molecule has 10 atom stereocenters. The van der Waals surface area contributed by atoms with Gasteiger partial charge in [-0.25, -0.2) is 9.59 Å². The zero-order valence-corrected chi connectivity index (χ0v) is 34.8. The van der Waals surface area contributed by atoms with Gasteiger partial charge in [-0.2, -0.15) is 0 Å². The maximum atomic E-state index is 13.8. The first-order valence-corrected chi connectivity index (χ1v) is 21.8. The number of aliphatic hydroxyl groups excluding tert-OH is 2. The van der Waals surface area contributed by atoms with Gasteiger partial charge in [0.2, 0.25) is 22.9 Å². The molecule has 0 bridgehead atoms. The zero-order valence-electron chi connectivity index (χ0n) is 34.8. The summed E-state index contributed by atoms with van der Waals surface area (Å²) < 4.78 is 16.6. The van der Waals surface area contributed by atoms with Gasteiger partial charge in [-0.05, 0) is 82.9 Å². The van der Waals surface area contributed by atoms with Crippen molar-refractivity contribution in [1.82, 2.24) is 10.2 Å². The van der Waals surface area contributed by atoms with Crippen molar-refractivity contribution in [2.75, 3.05) is 7.11 Å². The number of allylic oxidation sites excluding steroid dienone is 2. The van der Waals surface area contributed by atoms with Gasteiger partial charge >= 0.3 is 11.9 Å². The number of likely N-dealkylation sites (tertiary alicyclic amines) is 1. The molecule has 4 fully saturated rings. The summed E-state index contributed by atoms with van der Waals surface area (Å²) >= 11 is 0. The molecule has 1 aromatic rings. The number of ether oxygens (including phenoxy) is 3. The maximum Gasteiger partial charge on any atom is 0.339 e. The number of hydrogen-bond acceptors (Lipinski definition) is 9. The van der Waals surface area contributed by atoms with Crippen LogP contribution in [0.25, 0.3) is 0 Å². The largest absolute Gasteiger partial charge is 0.497 e. The zero-order chi connectivity index (χ0) is 41.0. The fourth-order valence-corrected chi connectivity index (χ4v) is 10.7. The van der Waals surface area contributed by atoms with E-state index in [0.29, 0.717) is 12.8 Å². The van der Waals surface area contributed by atoms with Gasteiger partial charge in [0.15, 0.2) is 11.2 Å². The van der Waals surface area contributed by atoms with Gasteiger partial charge in [0, 0.05) is 18.4 Å². The molecular weight excluding hydrogens is 725 g/mol. The maximum absolute atomic E-state index is 13.8.